The molecule has 1 aromatic carbocycles. The molecule has 1 atom stereocenters. The average molecular weight is 320 g/mol. The van der Waals surface area contributed by atoms with Crippen LogP contribution in [0.25, 0.3) is 0 Å². The highest BCUT2D eigenvalue weighted by Gasteiger charge is 2.34. The molecule has 2 aliphatic rings. The van der Waals surface area contributed by atoms with Crippen LogP contribution in [0.5, 0.6) is 0 Å². The van der Waals surface area contributed by atoms with Crippen LogP contribution in [0.15, 0.2) is 24.3 Å². The van der Waals surface area contributed by atoms with Gasteiger partial charge in [0, 0.05) is 32.1 Å². The van der Waals surface area contributed by atoms with Gasteiger partial charge in [-0.05, 0) is 37.0 Å². The number of nitrogens with zero attached hydrogens (tertiary/aromatic N) is 2. The topological polar surface area (TPSA) is 60.9 Å². The number of carbonyl (C=O) groups is 2. The third-order valence-corrected chi connectivity index (χ3v) is 4.44. The van der Waals surface area contributed by atoms with Gasteiger partial charge < -0.3 is 14.9 Å². The lowest BCUT2D eigenvalue weighted by Crippen LogP contribution is -2.39. The third-order valence-electron chi connectivity index (χ3n) is 4.44. The van der Waals surface area contributed by atoms with Crippen LogP contribution in [0.4, 0.5) is 4.39 Å². The van der Waals surface area contributed by atoms with E-state index in [4.69, 9.17) is 0 Å². The second kappa shape index (κ2) is 6.66. The number of benzene rings is 1. The van der Waals surface area contributed by atoms with Crippen LogP contribution >= 0.6 is 0 Å². The lowest BCUT2D eigenvalue weighted by Gasteiger charge is -2.24. The molecule has 0 aromatic heterocycles. The third kappa shape index (κ3) is 3.69. The number of rotatable bonds is 3. The molecule has 0 bridgehead atoms. The quantitative estimate of drug-likeness (QED) is 0.914. The highest BCUT2D eigenvalue weighted by Crippen LogP contribution is 2.31. The predicted molar refractivity (Wildman–Crippen MR) is 81.9 cm³/mol. The molecule has 0 radical (unpaired) electrons. The van der Waals surface area contributed by atoms with E-state index in [-0.39, 0.29) is 17.4 Å². The van der Waals surface area contributed by atoms with Gasteiger partial charge >= 0.3 is 0 Å². The van der Waals surface area contributed by atoms with Gasteiger partial charge in [0.2, 0.25) is 5.91 Å². The molecule has 0 spiro atoms. The standard InChI is InChI=1S/C17H21FN2O3/c18-14-4-1-3-13(11-14)15(21)17(23)20-8-2-7-19(9-10-20)16(22)12-5-6-12/h1,3-4,11-12,15,21H,2,5-10H2/t15-/m1/s1. The Balaban J connectivity index is 1.62. The van der Waals surface area contributed by atoms with Crippen LogP contribution in [0.3, 0.4) is 0 Å². The highest BCUT2D eigenvalue weighted by atomic mass is 19.1. The van der Waals surface area contributed by atoms with Gasteiger partial charge in [-0.1, -0.05) is 12.1 Å². The minimum Gasteiger partial charge on any atom is -0.378 e. The Kier molecular flexibility index (Phi) is 4.61. The van der Waals surface area contributed by atoms with Crippen molar-refractivity contribution in [1.29, 1.82) is 0 Å². The zero-order chi connectivity index (χ0) is 16.4. The molecule has 1 heterocycles. The molecule has 6 heteroatoms. The minimum absolute atomic E-state index is 0.176. The summed E-state index contributed by atoms with van der Waals surface area (Å²) in [5.74, 6) is -0.553. The van der Waals surface area contributed by atoms with Crippen LogP contribution < -0.4 is 0 Å². The fourth-order valence-electron chi connectivity index (χ4n) is 2.94. The molecular weight excluding hydrogens is 299 g/mol. The fourth-order valence-corrected chi connectivity index (χ4v) is 2.94. The van der Waals surface area contributed by atoms with E-state index in [0.29, 0.717) is 32.6 Å². The Hall–Kier alpha value is -1.95. The molecule has 1 aliphatic carbocycles. The first kappa shape index (κ1) is 15.9. The number of amides is 2. The van der Waals surface area contributed by atoms with Crippen molar-refractivity contribution in [2.24, 2.45) is 5.92 Å². The van der Waals surface area contributed by atoms with Gasteiger partial charge in [-0.3, -0.25) is 9.59 Å². The molecule has 1 aliphatic heterocycles. The number of carbonyl (C=O) groups excluding carboxylic acids is 2. The zero-order valence-electron chi connectivity index (χ0n) is 12.9. The normalized spacial score (nSPS) is 20.1. The van der Waals surface area contributed by atoms with Crippen molar-refractivity contribution < 1.29 is 19.1 Å². The van der Waals surface area contributed by atoms with Gasteiger partial charge in [-0.15, -0.1) is 0 Å². The smallest absolute Gasteiger partial charge is 0.256 e. The molecule has 5 nitrogen and oxygen atoms in total. The molecule has 1 saturated heterocycles. The van der Waals surface area contributed by atoms with E-state index in [1.807, 2.05) is 4.90 Å². The van der Waals surface area contributed by atoms with Crippen molar-refractivity contribution >= 4 is 11.8 Å². The summed E-state index contributed by atoms with van der Waals surface area (Å²) in [4.78, 5) is 27.9. The first-order valence-electron chi connectivity index (χ1n) is 8.07. The number of hydrogen-bond donors (Lipinski definition) is 1. The van der Waals surface area contributed by atoms with Crippen LogP contribution in [-0.2, 0) is 9.59 Å². The SMILES string of the molecule is O=C(C1CC1)N1CCCN(C(=O)[C@H](O)c2cccc(F)c2)CC1. The van der Waals surface area contributed by atoms with Gasteiger partial charge in [0.25, 0.3) is 5.91 Å². The second-order valence-electron chi connectivity index (χ2n) is 6.24. The summed E-state index contributed by atoms with van der Waals surface area (Å²) >= 11 is 0. The second-order valence-corrected chi connectivity index (χ2v) is 6.24. The van der Waals surface area contributed by atoms with Crippen LogP contribution in [-0.4, -0.2) is 52.9 Å². The Morgan fingerprint density at radius 3 is 2.52 bits per heavy atom. The van der Waals surface area contributed by atoms with Gasteiger partial charge in [-0.2, -0.15) is 0 Å². The largest absolute Gasteiger partial charge is 0.378 e. The molecule has 1 saturated carbocycles. The molecule has 124 valence electrons. The molecule has 3 rings (SSSR count). The van der Waals surface area contributed by atoms with E-state index < -0.39 is 17.8 Å². The van der Waals surface area contributed by atoms with Crippen LogP contribution in [0.2, 0.25) is 0 Å². The fraction of sp³-hybridized carbons (Fsp3) is 0.529. The number of halogens is 1. The van der Waals surface area contributed by atoms with Crippen molar-refractivity contribution in [3.8, 4) is 0 Å². The number of aliphatic hydroxyl groups is 1. The maximum atomic E-state index is 13.2. The summed E-state index contributed by atoms with van der Waals surface area (Å²) in [5.41, 5.74) is 0.255. The highest BCUT2D eigenvalue weighted by molar-refractivity contribution is 5.83. The molecule has 1 N–H and O–H groups in total. The monoisotopic (exact) mass is 320 g/mol. The Bertz CT molecular complexity index is 603. The Morgan fingerprint density at radius 2 is 1.83 bits per heavy atom. The van der Waals surface area contributed by atoms with Gasteiger partial charge in [0.05, 0.1) is 0 Å². The van der Waals surface area contributed by atoms with Gasteiger partial charge in [0.15, 0.2) is 6.10 Å². The minimum atomic E-state index is -1.36. The summed E-state index contributed by atoms with van der Waals surface area (Å²) in [6, 6.07) is 5.45. The summed E-state index contributed by atoms with van der Waals surface area (Å²) in [6.07, 6.45) is 1.27. The first-order valence-corrected chi connectivity index (χ1v) is 8.07. The molecule has 0 unspecified atom stereocenters. The first-order chi connectivity index (χ1) is 11.1. The van der Waals surface area contributed by atoms with Gasteiger partial charge in [-0.25, -0.2) is 4.39 Å². The molecule has 2 fully saturated rings. The van der Waals surface area contributed by atoms with Crippen molar-refractivity contribution in [3.05, 3.63) is 35.6 Å². The summed E-state index contributed by atoms with van der Waals surface area (Å²) < 4.78 is 13.2. The van der Waals surface area contributed by atoms with E-state index >= 15 is 0 Å². The maximum Gasteiger partial charge on any atom is 0.256 e. The van der Waals surface area contributed by atoms with Crippen molar-refractivity contribution in [3.63, 3.8) is 0 Å². The van der Waals surface area contributed by atoms with E-state index in [1.165, 1.54) is 24.3 Å². The zero-order valence-corrected chi connectivity index (χ0v) is 12.9. The lowest BCUT2D eigenvalue weighted by atomic mass is 10.1. The van der Waals surface area contributed by atoms with E-state index in [0.717, 1.165) is 12.8 Å². The number of aliphatic hydroxyl groups excluding tert-OH is 1. The predicted octanol–water partition coefficient (Wildman–Crippen LogP) is 1.33. The van der Waals surface area contributed by atoms with E-state index in [2.05, 4.69) is 0 Å². The summed E-state index contributed by atoms with van der Waals surface area (Å²) in [6.45, 7) is 2.05. The summed E-state index contributed by atoms with van der Waals surface area (Å²) in [5, 5.41) is 10.2. The lowest BCUT2D eigenvalue weighted by molar-refractivity contribution is -0.141. The van der Waals surface area contributed by atoms with Crippen molar-refractivity contribution in [2.75, 3.05) is 26.2 Å². The van der Waals surface area contributed by atoms with E-state index in [9.17, 15) is 19.1 Å². The molecular formula is C17H21FN2O3. The van der Waals surface area contributed by atoms with Crippen LogP contribution in [0.1, 0.15) is 30.9 Å². The molecule has 2 amide bonds. The maximum absolute atomic E-state index is 13.2. The van der Waals surface area contributed by atoms with Crippen molar-refractivity contribution in [1.82, 2.24) is 9.80 Å². The summed E-state index contributed by atoms with van der Waals surface area (Å²) in [7, 11) is 0. The average Bonchev–Trinajstić information content (AvgIpc) is 3.39. The van der Waals surface area contributed by atoms with E-state index in [1.54, 1.807) is 4.90 Å². The van der Waals surface area contributed by atoms with Crippen molar-refractivity contribution in [2.45, 2.75) is 25.4 Å². The molecule has 23 heavy (non-hydrogen) atoms. The number of hydrogen-bond acceptors (Lipinski definition) is 3. The van der Waals surface area contributed by atoms with Crippen LogP contribution in [0, 0.1) is 11.7 Å². The molecule has 1 aromatic rings. The Morgan fingerprint density at radius 1 is 1.13 bits per heavy atom. The van der Waals surface area contributed by atoms with Gasteiger partial charge in [0.1, 0.15) is 5.82 Å². The Labute approximate surface area is 134 Å².